The van der Waals surface area contributed by atoms with E-state index in [-0.39, 0.29) is 18.4 Å². The van der Waals surface area contributed by atoms with Crippen LogP contribution < -0.4 is 26.6 Å². The Bertz CT molecular complexity index is 571. The summed E-state index contributed by atoms with van der Waals surface area (Å²) >= 11 is 5.82. The van der Waals surface area contributed by atoms with Crippen LogP contribution in [0.5, 0.6) is 5.75 Å². The lowest BCUT2D eigenvalue weighted by atomic mass is 10.3. The molecule has 2 rings (SSSR count). The fourth-order valence-corrected chi connectivity index (χ4v) is 1.75. The van der Waals surface area contributed by atoms with Crippen molar-refractivity contribution < 1.29 is 26.5 Å². The van der Waals surface area contributed by atoms with Crippen LogP contribution in [0, 0.1) is 0 Å². The number of carbonyl (C=O) groups excluding carboxylic acids is 1. The molecule has 0 aliphatic carbocycles. The molecule has 0 saturated heterocycles. The molecule has 0 atom stereocenters. The average molecular weight is 313 g/mol. The Morgan fingerprint density at radius 1 is 1.15 bits per heavy atom. The Hall–Kier alpha value is -1.78. The van der Waals surface area contributed by atoms with E-state index in [0.29, 0.717) is 10.8 Å². The normalized spacial score (nSPS) is 9.55. The van der Waals surface area contributed by atoms with Crippen LogP contribution >= 0.6 is 11.6 Å². The molecular formula is C14H14Cl2N2O2. The summed E-state index contributed by atoms with van der Waals surface area (Å²) < 4.78 is 6.54. The second-order valence-electron chi connectivity index (χ2n) is 3.96. The molecule has 1 heterocycles. The number of anilines is 1. The van der Waals surface area contributed by atoms with Crippen LogP contribution in [0.15, 0.2) is 48.8 Å². The number of hydrogen-bond donors (Lipinski definition) is 0. The molecule has 20 heavy (non-hydrogen) atoms. The molecule has 0 unspecified atom stereocenters. The highest BCUT2D eigenvalue weighted by molar-refractivity contribution is 6.30. The Kier molecular flexibility index (Phi) is 5.80. The predicted octanol–water partition coefficient (Wildman–Crippen LogP) is -0.255. The van der Waals surface area contributed by atoms with Gasteiger partial charge in [0.25, 0.3) is 0 Å². The summed E-state index contributed by atoms with van der Waals surface area (Å²) in [7, 11) is 3.30. The fraction of sp³-hybridized carbons (Fsp3) is 0.143. The van der Waals surface area contributed by atoms with Gasteiger partial charge in [-0.15, -0.1) is 0 Å². The minimum absolute atomic E-state index is 0. The van der Waals surface area contributed by atoms with Gasteiger partial charge in [0.2, 0.25) is 0 Å². The quantitative estimate of drug-likeness (QED) is 0.716. The van der Waals surface area contributed by atoms with Gasteiger partial charge in [0.05, 0.1) is 14.2 Å². The zero-order chi connectivity index (χ0) is 13.8. The van der Waals surface area contributed by atoms with Gasteiger partial charge in [0, 0.05) is 17.2 Å². The third kappa shape index (κ3) is 3.62. The van der Waals surface area contributed by atoms with Crippen LogP contribution in [0.4, 0.5) is 10.5 Å². The molecule has 1 aromatic heterocycles. The van der Waals surface area contributed by atoms with Crippen molar-refractivity contribution in [2.24, 2.45) is 0 Å². The highest BCUT2D eigenvalue weighted by Crippen LogP contribution is 2.16. The van der Waals surface area contributed by atoms with Gasteiger partial charge in [-0.3, -0.25) is 0 Å². The summed E-state index contributed by atoms with van der Waals surface area (Å²) in [6, 6.07) is 10.4. The second kappa shape index (κ2) is 7.12. The van der Waals surface area contributed by atoms with Gasteiger partial charge in [-0.05, 0) is 24.3 Å². The molecule has 4 nitrogen and oxygen atoms in total. The van der Waals surface area contributed by atoms with Crippen molar-refractivity contribution in [2.45, 2.75) is 0 Å². The van der Waals surface area contributed by atoms with Gasteiger partial charge in [-0.25, -0.2) is 0 Å². The minimum atomic E-state index is -0.162. The van der Waals surface area contributed by atoms with Crippen molar-refractivity contribution in [1.82, 2.24) is 0 Å². The molecule has 0 radical (unpaired) electrons. The number of amides is 1. The molecule has 0 spiro atoms. The number of benzene rings is 1. The van der Waals surface area contributed by atoms with Crippen LogP contribution in [0.2, 0.25) is 5.02 Å². The van der Waals surface area contributed by atoms with E-state index < -0.39 is 0 Å². The maximum absolute atomic E-state index is 12.2. The van der Waals surface area contributed by atoms with E-state index in [1.54, 1.807) is 67.8 Å². The summed E-state index contributed by atoms with van der Waals surface area (Å²) in [6.45, 7) is 0. The molecule has 2 aromatic rings. The van der Waals surface area contributed by atoms with Gasteiger partial charge in [-0.2, -0.15) is 14.3 Å². The maximum Gasteiger partial charge on any atom is 0.502 e. The first-order valence-corrected chi connectivity index (χ1v) is 6.08. The van der Waals surface area contributed by atoms with Crippen LogP contribution in [0.3, 0.4) is 0 Å². The van der Waals surface area contributed by atoms with Gasteiger partial charge < -0.3 is 17.1 Å². The van der Waals surface area contributed by atoms with Crippen molar-refractivity contribution >= 4 is 23.3 Å². The predicted molar refractivity (Wildman–Crippen MR) is 73.8 cm³/mol. The zero-order valence-corrected chi connectivity index (χ0v) is 12.6. The van der Waals surface area contributed by atoms with Crippen LogP contribution in [0.25, 0.3) is 0 Å². The Morgan fingerprint density at radius 3 is 2.20 bits per heavy atom. The van der Waals surface area contributed by atoms with Crippen molar-refractivity contribution in [2.75, 3.05) is 19.1 Å². The van der Waals surface area contributed by atoms with E-state index in [1.165, 1.54) is 4.57 Å². The number of pyridine rings is 1. The highest BCUT2D eigenvalue weighted by Gasteiger charge is 2.22. The van der Waals surface area contributed by atoms with Crippen molar-refractivity contribution in [3.8, 4) is 5.75 Å². The third-order valence-electron chi connectivity index (χ3n) is 2.76. The van der Waals surface area contributed by atoms with Gasteiger partial charge in [0.15, 0.2) is 0 Å². The van der Waals surface area contributed by atoms with Crippen LogP contribution in [-0.2, 0) is 0 Å². The average Bonchev–Trinajstić information content (AvgIpc) is 2.46. The van der Waals surface area contributed by atoms with Crippen LogP contribution in [-0.4, -0.2) is 20.2 Å². The summed E-state index contributed by atoms with van der Waals surface area (Å²) in [6.07, 6.45) is 3.32. The minimum Gasteiger partial charge on any atom is -1.00 e. The number of ether oxygens (including phenoxy) is 1. The zero-order valence-electron chi connectivity index (χ0n) is 11.1. The third-order valence-corrected chi connectivity index (χ3v) is 3.01. The first-order valence-electron chi connectivity index (χ1n) is 5.71. The number of hydrogen-bond acceptors (Lipinski definition) is 2. The molecule has 0 fully saturated rings. The topological polar surface area (TPSA) is 33.4 Å². The number of nitrogens with zero attached hydrogens (tertiary/aromatic N) is 2. The number of methoxy groups -OCH3 is 1. The number of rotatable bonds is 2. The van der Waals surface area contributed by atoms with E-state index in [9.17, 15) is 4.79 Å². The summed E-state index contributed by atoms with van der Waals surface area (Å²) in [5, 5.41) is 0.640. The molecular weight excluding hydrogens is 299 g/mol. The smallest absolute Gasteiger partial charge is 0.502 e. The van der Waals surface area contributed by atoms with Crippen molar-refractivity contribution in [3.05, 3.63) is 53.8 Å². The lowest BCUT2D eigenvalue weighted by Crippen LogP contribution is -3.00. The molecule has 0 aliphatic rings. The van der Waals surface area contributed by atoms with E-state index >= 15 is 0 Å². The Morgan fingerprint density at radius 2 is 1.70 bits per heavy atom. The molecule has 0 saturated carbocycles. The van der Waals surface area contributed by atoms with Gasteiger partial charge >= 0.3 is 6.03 Å². The second-order valence-corrected chi connectivity index (χ2v) is 4.40. The van der Waals surface area contributed by atoms with Crippen molar-refractivity contribution in [3.63, 3.8) is 0 Å². The summed E-state index contributed by atoms with van der Waals surface area (Å²) in [5.74, 6) is 0.707. The molecule has 0 N–H and O–H groups in total. The van der Waals surface area contributed by atoms with E-state index in [2.05, 4.69) is 0 Å². The number of carbonyl (C=O) groups is 1. The molecule has 1 aromatic carbocycles. The van der Waals surface area contributed by atoms with Crippen LogP contribution in [0.1, 0.15) is 0 Å². The SMILES string of the molecule is COc1cc[n+](C(=O)N(C)c2ccc(Cl)cc2)cc1.[Cl-]. The van der Waals surface area contributed by atoms with Crippen molar-refractivity contribution in [1.29, 1.82) is 0 Å². The Balaban J connectivity index is 0.00000200. The standard InChI is InChI=1S/C14H14ClN2O2.ClH/c1-16(12-5-3-11(15)4-6-12)14(18)17-9-7-13(19-2)8-10-17;/h3-10H,1-2H3;1H/q+1;/p-1. The maximum atomic E-state index is 12.2. The largest absolute Gasteiger partial charge is 1.00 e. The first kappa shape index (κ1) is 16.3. The lowest BCUT2D eigenvalue weighted by molar-refractivity contribution is -0.569. The monoisotopic (exact) mass is 312 g/mol. The number of halogens is 2. The van der Waals surface area contributed by atoms with E-state index in [0.717, 1.165) is 5.69 Å². The molecule has 1 amide bonds. The summed E-state index contributed by atoms with van der Waals surface area (Å²) in [5.41, 5.74) is 0.776. The number of aromatic nitrogens is 1. The first-order chi connectivity index (χ1) is 9.11. The molecule has 0 bridgehead atoms. The van der Waals surface area contributed by atoms with Gasteiger partial charge in [0.1, 0.15) is 23.8 Å². The Labute approximate surface area is 129 Å². The lowest BCUT2D eigenvalue weighted by Gasteiger charge is -2.09. The molecule has 106 valence electrons. The van der Waals surface area contributed by atoms with E-state index in [4.69, 9.17) is 16.3 Å². The fourth-order valence-electron chi connectivity index (χ4n) is 1.62. The van der Waals surface area contributed by atoms with E-state index in [1.807, 2.05) is 0 Å². The summed E-state index contributed by atoms with van der Waals surface area (Å²) in [4.78, 5) is 13.8. The van der Waals surface area contributed by atoms with Gasteiger partial charge in [-0.1, -0.05) is 11.6 Å². The highest BCUT2D eigenvalue weighted by atomic mass is 35.5. The molecule has 0 aliphatic heterocycles. The molecule has 6 heteroatoms.